The van der Waals surface area contributed by atoms with Crippen LogP contribution < -0.4 is 0 Å². The van der Waals surface area contributed by atoms with E-state index >= 15 is 0 Å². The van der Waals surface area contributed by atoms with Gasteiger partial charge in [0.25, 0.3) is 0 Å². The topological polar surface area (TPSA) is 63.8 Å². The number of aryl methyl sites for hydroxylation is 1. The molecule has 2 heterocycles. The van der Waals surface area contributed by atoms with Gasteiger partial charge < -0.3 is 5.11 Å². The second kappa shape index (κ2) is 4.99. The van der Waals surface area contributed by atoms with E-state index in [2.05, 4.69) is 15.1 Å². The van der Waals surface area contributed by atoms with Gasteiger partial charge in [-0.3, -0.25) is 0 Å². The van der Waals surface area contributed by atoms with Gasteiger partial charge >= 0.3 is 0 Å². The molecule has 6 heteroatoms. The molecule has 3 rings (SSSR count). The van der Waals surface area contributed by atoms with Gasteiger partial charge in [0.1, 0.15) is 11.4 Å². The number of benzene rings is 1. The van der Waals surface area contributed by atoms with E-state index in [9.17, 15) is 5.11 Å². The summed E-state index contributed by atoms with van der Waals surface area (Å²) >= 11 is 1.41. The highest BCUT2D eigenvalue weighted by atomic mass is 32.2. The van der Waals surface area contributed by atoms with Gasteiger partial charge in [-0.25, -0.2) is 14.6 Å². The van der Waals surface area contributed by atoms with Crippen LogP contribution >= 0.6 is 11.8 Å². The van der Waals surface area contributed by atoms with Gasteiger partial charge in [0.2, 0.25) is 0 Å². The molecule has 2 aromatic heterocycles. The monoisotopic (exact) mass is 272 g/mol. The highest BCUT2D eigenvalue weighted by Gasteiger charge is 2.11. The summed E-state index contributed by atoms with van der Waals surface area (Å²) in [4.78, 5) is 8.74. The average molecular weight is 272 g/mol. The summed E-state index contributed by atoms with van der Waals surface area (Å²) in [6.07, 6.45) is 1.50. The van der Waals surface area contributed by atoms with Gasteiger partial charge in [0, 0.05) is 18.0 Å². The molecule has 0 aliphatic rings. The highest BCUT2D eigenvalue weighted by Crippen LogP contribution is 2.29. The van der Waals surface area contributed by atoms with Crippen molar-refractivity contribution in [3.63, 3.8) is 0 Å². The molecule has 0 atom stereocenters. The molecule has 0 spiro atoms. The molecule has 3 aromatic rings. The third-order valence-electron chi connectivity index (χ3n) is 2.79. The molecule has 0 amide bonds. The fourth-order valence-electron chi connectivity index (χ4n) is 1.81. The summed E-state index contributed by atoms with van der Waals surface area (Å²) in [6.45, 7) is -0.0436. The Morgan fingerprint density at radius 3 is 2.89 bits per heavy atom. The zero-order valence-electron chi connectivity index (χ0n) is 10.3. The summed E-state index contributed by atoms with van der Waals surface area (Å²) in [6, 6.07) is 9.81. The number of hydrogen-bond donors (Lipinski definition) is 1. The molecule has 1 N–H and O–H groups in total. The van der Waals surface area contributed by atoms with E-state index in [4.69, 9.17) is 0 Å². The van der Waals surface area contributed by atoms with Crippen LogP contribution in [0.25, 0.3) is 10.9 Å². The van der Waals surface area contributed by atoms with Crippen LogP contribution in [-0.2, 0) is 13.7 Å². The van der Waals surface area contributed by atoms with Crippen LogP contribution in [0.5, 0.6) is 0 Å². The van der Waals surface area contributed by atoms with Crippen LogP contribution in [0, 0.1) is 0 Å². The molecule has 5 nitrogen and oxygen atoms in total. The number of aliphatic hydroxyl groups excluding tert-OH is 1. The van der Waals surface area contributed by atoms with Crippen molar-refractivity contribution in [3.8, 4) is 0 Å². The van der Waals surface area contributed by atoms with Crippen molar-refractivity contribution >= 4 is 22.7 Å². The number of rotatable bonds is 3. The van der Waals surface area contributed by atoms with Crippen molar-refractivity contribution < 1.29 is 5.11 Å². The fraction of sp³-hybridized carbons (Fsp3) is 0.154. The first-order valence-electron chi connectivity index (χ1n) is 5.79. The van der Waals surface area contributed by atoms with Crippen LogP contribution in [0.15, 0.2) is 46.8 Å². The van der Waals surface area contributed by atoms with E-state index in [1.165, 1.54) is 18.1 Å². The van der Waals surface area contributed by atoms with Gasteiger partial charge in [-0.2, -0.15) is 5.10 Å². The molecular weight excluding hydrogens is 260 g/mol. The Balaban J connectivity index is 2.09. The summed E-state index contributed by atoms with van der Waals surface area (Å²) in [5.41, 5.74) is 1.70. The second-order valence-corrected chi connectivity index (χ2v) is 5.03. The predicted octanol–water partition coefficient (Wildman–Crippen LogP) is 2.01. The van der Waals surface area contributed by atoms with Crippen LogP contribution in [0.2, 0.25) is 0 Å². The molecule has 0 aliphatic heterocycles. The third-order valence-corrected chi connectivity index (χ3v) is 3.89. The molecule has 0 saturated carbocycles. The molecule has 1 aromatic carbocycles. The van der Waals surface area contributed by atoms with Gasteiger partial charge in [0.05, 0.1) is 12.1 Å². The molecule has 0 aliphatic carbocycles. The fourth-order valence-corrected chi connectivity index (χ4v) is 2.66. The van der Waals surface area contributed by atoms with E-state index < -0.39 is 0 Å². The molecule has 0 fully saturated rings. The number of fused-ring (bicyclic) bond motifs is 1. The lowest BCUT2D eigenvalue weighted by molar-refractivity contribution is 0.278. The van der Waals surface area contributed by atoms with Crippen molar-refractivity contribution in [2.24, 2.45) is 7.05 Å². The van der Waals surface area contributed by atoms with Crippen LogP contribution in [0.4, 0.5) is 0 Å². The number of aromatic nitrogens is 4. The Labute approximate surface area is 114 Å². The van der Waals surface area contributed by atoms with Gasteiger partial charge in [-0.05, 0) is 23.9 Å². The third kappa shape index (κ3) is 2.32. The largest absolute Gasteiger partial charge is 0.392 e. The Morgan fingerprint density at radius 2 is 2.16 bits per heavy atom. The second-order valence-electron chi connectivity index (χ2n) is 4.07. The van der Waals surface area contributed by atoms with E-state index in [0.29, 0.717) is 0 Å². The first-order valence-corrected chi connectivity index (χ1v) is 6.61. The number of hydrogen-bond acceptors (Lipinski definition) is 5. The number of pyridine rings is 1. The Kier molecular flexibility index (Phi) is 3.18. The Morgan fingerprint density at radius 1 is 1.32 bits per heavy atom. The lowest BCUT2D eigenvalue weighted by Gasteiger charge is -2.07. The minimum absolute atomic E-state index is 0.0436. The summed E-state index contributed by atoms with van der Waals surface area (Å²) in [5.74, 6) is 0. The minimum Gasteiger partial charge on any atom is -0.392 e. The minimum atomic E-state index is -0.0436. The quantitative estimate of drug-likeness (QED) is 0.790. The number of para-hydroxylation sites is 1. The smallest absolute Gasteiger partial charge is 0.192 e. The summed E-state index contributed by atoms with van der Waals surface area (Å²) in [5, 5.41) is 16.0. The van der Waals surface area contributed by atoms with E-state index in [0.717, 1.165) is 26.6 Å². The van der Waals surface area contributed by atoms with Crippen LogP contribution in [0.1, 0.15) is 5.56 Å². The molecule has 19 heavy (non-hydrogen) atoms. The maximum atomic E-state index is 9.48. The molecule has 0 radical (unpaired) electrons. The lowest BCUT2D eigenvalue weighted by atomic mass is 10.2. The summed E-state index contributed by atoms with van der Waals surface area (Å²) < 4.78 is 1.68. The van der Waals surface area contributed by atoms with Gasteiger partial charge in [0.15, 0.2) is 5.16 Å². The first-order chi connectivity index (χ1) is 9.28. The zero-order chi connectivity index (χ0) is 13.2. The van der Waals surface area contributed by atoms with Crippen LogP contribution in [0.3, 0.4) is 0 Å². The molecule has 0 saturated heterocycles. The van der Waals surface area contributed by atoms with Crippen LogP contribution in [-0.4, -0.2) is 24.9 Å². The first kappa shape index (κ1) is 12.1. The van der Waals surface area contributed by atoms with Crippen molar-refractivity contribution in [1.29, 1.82) is 0 Å². The SMILES string of the molecule is Cn1ncnc1Sc1nc2ccccc2cc1CO. The van der Waals surface area contributed by atoms with Gasteiger partial charge in [-0.15, -0.1) is 0 Å². The number of nitrogens with zero attached hydrogens (tertiary/aromatic N) is 4. The van der Waals surface area contributed by atoms with E-state index in [1.807, 2.05) is 37.4 Å². The summed E-state index contributed by atoms with van der Waals surface area (Å²) in [7, 11) is 1.83. The standard InChI is InChI=1S/C13H12N4OS/c1-17-13(14-8-15-17)19-12-10(7-18)6-9-4-2-3-5-11(9)16-12/h2-6,8,18H,7H2,1H3. The molecule has 0 bridgehead atoms. The van der Waals surface area contributed by atoms with Crippen molar-refractivity contribution in [1.82, 2.24) is 19.7 Å². The van der Waals surface area contributed by atoms with E-state index in [1.54, 1.807) is 4.68 Å². The van der Waals surface area contributed by atoms with E-state index in [-0.39, 0.29) is 6.61 Å². The molecule has 96 valence electrons. The Hall–Kier alpha value is -1.92. The van der Waals surface area contributed by atoms with Crippen molar-refractivity contribution in [2.75, 3.05) is 0 Å². The maximum Gasteiger partial charge on any atom is 0.192 e. The maximum absolute atomic E-state index is 9.48. The average Bonchev–Trinajstić information content (AvgIpc) is 2.83. The van der Waals surface area contributed by atoms with Crippen molar-refractivity contribution in [3.05, 3.63) is 42.2 Å². The lowest BCUT2D eigenvalue weighted by Crippen LogP contribution is -1.97. The zero-order valence-corrected chi connectivity index (χ0v) is 11.1. The normalized spacial score (nSPS) is 11.1. The van der Waals surface area contributed by atoms with Crippen molar-refractivity contribution in [2.45, 2.75) is 16.8 Å². The predicted molar refractivity (Wildman–Crippen MR) is 72.8 cm³/mol. The molecular formula is C13H12N4OS. The van der Waals surface area contributed by atoms with Gasteiger partial charge in [-0.1, -0.05) is 18.2 Å². The highest BCUT2D eigenvalue weighted by molar-refractivity contribution is 7.99. The number of aliphatic hydroxyl groups is 1. The molecule has 0 unspecified atom stereocenters. The Bertz CT molecular complexity index is 725.